The molecule has 0 aromatic rings. The van der Waals surface area contributed by atoms with Crippen LogP contribution < -0.4 is 5.32 Å². The van der Waals surface area contributed by atoms with Gasteiger partial charge in [-0.15, -0.1) is 0 Å². The van der Waals surface area contributed by atoms with Crippen LogP contribution in [0, 0.1) is 11.8 Å². The number of hydrogen-bond donors (Lipinski definition) is 1. The lowest BCUT2D eigenvalue weighted by molar-refractivity contribution is -0.120. The topological polar surface area (TPSA) is 50.7 Å². The van der Waals surface area contributed by atoms with Crippen molar-refractivity contribution in [2.45, 2.75) is 65.6 Å². The summed E-state index contributed by atoms with van der Waals surface area (Å²) in [4.78, 5) is 15.7. The maximum Gasteiger partial charge on any atom is 0.421 e. The van der Waals surface area contributed by atoms with E-state index in [0.29, 0.717) is 17.7 Å². The van der Waals surface area contributed by atoms with Crippen molar-refractivity contribution >= 4 is 11.6 Å². The van der Waals surface area contributed by atoms with Crippen LogP contribution >= 0.6 is 0 Å². The predicted octanol–water partition coefficient (Wildman–Crippen LogP) is 6.20. The number of aliphatic imine (C=N–C) groups is 1. The van der Waals surface area contributed by atoms with Gasteiger partial charge in [0.2, 0.25) is 5.91 Å². The summed E-state index contributed by atoms with van der Waals surface area (Å²) in [5, 5.41) is 3.05. The van der Waals surface area contributed by atoms with Crippen LogP contribution in [0.15, 0.2) is 64.6 Å². The molecule has 32 heavy (non-hydrogen) atoms. The number of alkyl halides is 3. The number of amides is 1. The second-order valence-electron chi connectivity index (χ2n) is 8.62. The fraction of sp³-hybridized carbons (Fsp3) is 0.520. The maximum absolute atomic E-state index is 13.5. The summed E-state index contributed by atoms with van der Waals surface area (Å²) in [5.41, 5.74) is 2.45. The third-order valence-electron chi connectivity index (χ3n) is 6.08. The Bertz CT molecular complexity index is 878. The number of halogens is 3. The molecule has 3 unspecified atom stereocenters. The Morgan fingerprint density at radius 2 is 2.00 bits per heavy atom. The normalized spacial score (nSPS) is 24.2. The van der Waals surface area contributed by atoms with Gasteiger partial charge >= 0.3 is 6.18 Å². The second-order valence-corrected chi connectivity index (χ2v) is 8.62. The van der Waals surface area contributed by atoms with E-state index in [4.69, 9.17) is 4.74 Å². The molecular formula is C25H33F3N2O2. The number of carbonyl (C=O) groups is 1. The summed E-state index contributed by atoms with van der Waals surface area (Å²) in [7, 11) is 0. The zero-order valence-electron chi connectivity index (χ0n) is 19.3. The second kappa shape index (κ2) is 10.8. The third kappa shape index (κ3) is 6.71. The highest BCUT2D eigenvalue weighted by atomic mass is 19.4. The van der Waals surface area contributed by atoms with Crippen LogP contribution in [0.5, 0.6) is 0 Å². The zero-order chi connectivity index (χ0) is 24.1. The van der Waals surface area contributed by atoms with E-state index in [9.17, 15) is 18.0 Å². The molecule has 2 rings (SSSR count). The molecule has 7 heteroatoms. The minimum atomic E-state index is -4.64. The number of hydrogen-bond acceptors (Lipinski definition) is 3. The lowest BCUT2D eigenvalue weighted by Crippen LogP contribution is -2.46. The van der Waals surface area contributed by atoms with Crippen LogP contribution in [-0.2, 0) is 9.53 Å². The minimum absolute atomic E-state index is 0.0511. The number of carbonyl (C=O) groups excluding carboxylic acids is 1. The first-order valence-corrected chi connectivity index (χ1v) is 10.9. The van der Waals surface area contributed by atoms with Gasteiger partial charge in [-0.3, -0.25) is 9.79 Å². The highest BCUT2D eigenvalue weighted by Gasteiger charge is 2.38. The van der Waals surface area contributed by atoms with E-state index in [2.05, 4.69) is 42.5 Å². The van der Waals surface area contributed by atoms with E-state index in [1.165, 1.54) is 12.5 Å². The lowest BCUT2D eigenvalue weighted by Gasteiger charge is -2.40. The number of nitrogens with zero attached hydrogens (tertiary/aromatic N) is 1. The Morgan fingerprint density at radius 1 is 1.31 bits per heavy atom. The summed E-state index contributed by atoms with van der Waals surface area (Å²) in [6, 6.07) is -0.167. The number of ether oxygens (including phenoxy) is 1. The van der Waals surface area contributed by atoms with Gasteiger partial charge in [0.15, 0.2) is 0 Å². The molecule has 1 N–H and O–H groups in total. The number of allylic oxidation sites excluding steroid dienone is 4. The van der Waals surface area contributed by atoms with Crippen molar-refractivity contribution in [3.8, 4) is 0 Å². The zero-order valence-corrected chi connectivity index (χ0v) is 19.3. The Kier molecular flexibility index (Phi) is 8.70. The Hall–Kier alpha value is -2.57. The molecule has 0 saturated heterocycles. The van der Waals surface area contributed by atoms with Gasteiger partial charge in [-0.2, -0.15) is 13.2 Å². The molecule has 2 aliphatic carbocycles. The molecule has 176 valence electrons. The minimum Gasteiger partial charge on any atom is -0.494 e. The Labute approximate surface area is 188 Å². The highest BCUT2D eigenvalue weighted by Crippen LogP contribution is 2.40. The van der Waals surface area contributed by atoms with E-state index < -0.39 is 17.5 Å². The third-order valence-corrected chi connectivity index (χ3v) is 6.08. The number of nitrogens with one attached hydrogen (secondary N) is 1. The highest BCUT2D eigenvalue weighted by molar-refractivity contribution is 5.97. The van der Waals surface area contributed by atoms with E-state index in [0.717, 1.165) is 31.0 Å². The first kappa shape index (κ1) is 25.7. The summed E-state index contributed by atoms with van der Waals surface area (Å²) in [6.07, 6.45) is 3.66. The van der Waals surface area contributed by atoms with Crippen molar-refractivity contribution in [3.63, 3.8) is 0 Å². The summed E-state index contributed by atoms with van der Waals surface area (Å²) < 4.78 is 45.9. The van der Waals surface area contributed by atoms with Crippen LogP contribution in [-0.4, -0.2) is 30.4 Å². The van der Waals surface area contributed by atoms with Gasteiger partial charge in [0.1, 0.15) is 11.3 Å². The summed E-state index contributed by atoms with van der Waals surface area (Å²) >= 11 is 0. The van der Waals surface area contributed by atoms with Crippen molar-refractivity contribution in [3.05, 3.63) is 59.6 Å². The molecular weight excluding hydrogens is 417 g/mol. The van der Waals surface area contributed by atoms with E-state index in [1.807, 2.05) is 0 Å². The molecule has 0 aromatic heterocycles. The Balaban J connectivity index is 2.13. The Morgan fingerprint density at radius 3 is 2.59 bits per heavy atom. The SMILES string of the molecule is C=C(C)C(C)=NC=C(C(=C)OCCC1C(C)CC2=C(C=CCC2)C1NC(C)=O)C(F)(F)F. The molecule has 4 nitrogen and oxygen atoms in total. The van der Waals surface area contributed by atoms with Gasteiger partial charge < -0.3 is 10.1 Å². The van der Waals surface area contributed by atoms with Crippen LogP contribution in [0.1, 0.15) is 53.4 Å². The fourth-order valence-corrected chi connectivity index (χ4v) is 4.20. The van der Waals surface area contributed by atoms with E-state index in [-0.39, 0.29) is 30.4 Å². The summed E-state index contributed by atoms with van der Waals surface area (Å²) in [5.74, 6) is -0.268. The van der Waals surface area contributed by atoms with Gasteiger partial charge in [-0.1, -0.05) is 37.8 Å². The van der Waals surface area contributed by atoms with Crippen LogP contribution in [0.3, 0.4) is 0 Å². The van der Waals surface area contributed by atoms with E-state index in [1.54, 1.807) is 13.8 Å². The molecule has 0 bridgehead atoms. The van der Waals surface area contributed by atoms with Crippen molar-refractivity contribution in [2.24, 2.45) is 16.8 Å². The first-order valence-electron chi connectivity index (χ1n) is 10.9. The molecule has 3 atom stereocenters. The molecule has 1 amide bonds. The summed E-state index contributed by atoms with van der Waals surface area (Å²) in [6.45, 7) is 14.1. The van der Waals surface area contributed by atoms with Crippen LogP contribution in [0.2, 0.25) is 0 Å². The molecule has 0 fully saturated rings. The monoisotopic (exact) mass is 450 g/mol. The van der Waals surface area contributed by atoms with Gasteiger partial charge in [0.05, 0.1) is 12.6 Å². The smallest absolute Gasteiger partial charge is 0.421 e. The molecule has 0 heterocycles. The predicted molar refractivity (Wildman–Crippen MR) is 122 cm³/mol. The van der Waals surface area contributed by atoms with Crippen molar-refractivity contribution in [1.82, 2.24) is 5.32 Å². The molecule has 0 radical (unpaired) electrons. The molecule has 0 aromatic carbocycles. The van der Waals surface area contributed by atoms with Gasteiger partial charge in [-0.25, -0.2) is 0 Å². The van der Waals surface area contributed by atoms with Gasteiger partial charge in [0, 0.05) is 18.8 Å². The van der Waals surface area contributed by atoms with Gasteiger partial charge in [0.25, 0.3) is 0 Å². The van der Waals surface area contributed by atoms with Crippen LogP contribution in [0.4, 0.5) is 13.2 Å². The quantitative estimate of drug-likeness (QED) is 0.272. The molecule has 0 spiro atoms. The number of rotatable bonds is 8. The van der Waals surface area contributed by atoms with E-state index >= 15 is 0 Å². The lowest BCUT2D eigenvalue weighted by atomic mass is 9.70. The van der Waals surface area contributed by atoms with Crippen molar-refractivity contribution < 1.29 is 22.7 Å². The average molecular weight is 451 g/mol. The van der Waals surface area contributed by atoms with Crippen molar-refractivity contribution in [2.75, 3.05) is 6.61 Å². The first-order chi connectivity index (χ1) is 14.9. The standard InChI is InChI=1S/C25H33F3N2O2/c1-15(2)17(4)29-14-23(25(26,27)28)18(5)32-12-11-21-16(3)13-20-9-7-8-10-22(20)24(21)30-19(6)31/h8,10,14,16,21,24H,1,5,7,9,11-13H2,2-4,6H3,(H,30,31). The van der Waals surface area contributed by atoms with Gasteiger partial charge in [-0.05, 0) is 62.5 Å². The molecule has 0 aliphatic heterocycles. The van der Waals surface area contributed by atoms with Crippen molar-refractivity contribution in [1.29, 1.82) is 0 Å². The maximum atomic E-state index is 13.5. The average Bonchev–Trinajstić information content (AvgIpc) is 2.68. The molecule has 0 saturated carbocycles. The fourth-order valence-electron chi connectivity index (χ4n) is 4.20. The van der Waals surface area contributed by atoms with Crippen LogP contribution in [0.25, 0.3) is 0 Å². The molecule has 2 aliphatic rings. The largest absolute Gasteiger partial charge is 0.494 e.